The highest BCUT2D eigenvalue weighted by Crippen LogP contribution is 2.29. The molecule has 0 heterocycles. The first-order chi connectivity index (χ1) is 5.38. The second-order valence-electron chi connectivity index (χ2n) is 4.95. The van der Waals surface area contributed by atoms with E-state index in [9.17, 15) is 5.11 Å². The van der Waals surface area contributed by atoms with Crippen LogP contribution in [0.3, 0.4) is 0 Å². The zero-order chi connectivity index (χ0) is 9.78. The molecule has 0 bridgehead atoms. The molecule has 0 aromatic rings. The Morgan fingerprint density at radius 3 is 2.08 bits per heavy atom. The van der Waals surface area contributed by atoms with Gasteiger partial charge in [-0.3, -0.25) is 0 Å². The zero-order valence-electron chi connectivity index (χ0n) is 9.22. The Morgan fingerprint density at radius 2 is 1.75 bits per heavy atom. The van der Waals surface area contributed by atoms with E-state index in [1.807, 2.05) is 0 Å². The maximum atomic E-state index is 9.58. The van der Waals surface area contributed by atoms with Crippen LogP contribution in [-0.2, 0) is 0 Å². The number of rotatable bonds is 4. The summed E-state index contributed by atoms with van der Waals surface area (Å²) in [5, 5.41) is 9.58. The lowest BCUT2D eigenvalue weighted by molar-refractivity contribution is 0.102. The molecule has 2 unspecified atom stereocenters. The molecule has 2 atom stereocenters. The molecule has 0 aliphatic rings. The quantitative estimate of drug-likeness (QED) is 0.690. The second-order valence-corrected chi connectivity index (χ2v) is 4.95. The van der Waals surface area contributed by atoms with Crippen molar-refractivity contribution in [2.24, 2.45) is 11.3 Å². The first-order valence-electron chi connectivity index (χ1n) is 5.06. The van der Waals surface area contributed by atoms with Gasteiger partial charge in [0.2, 0.25) is 0 Å². The van der Waals surface area contributed by atoms with Crippen LogP contribution in [0.4, 0.5) is 0 Å². The highest BCUT2D eigenvalue weighted by Gasteiger charge is 2.22. The summed E-state index contributed by atoms with van der Waals surface area (Å²) in [5.41, 5.74) is 0.328. The van der Waals surface area contributed by atoms with E-state index in [0.717, 1.165) is 19.3 Å². The summed E-state index contributed by atoms with van der Waals surface area (Å²) >= 11 is 0. The summed E-state index contributed by atoms with van der Waals surface area (Å²) in [7, 11) is 0. The van der Waals surface area contributed by atoms with Crippen molar-refractivity contribution < 1.29 is 5.11 Å². The van der Waals surface area contributed by atoms with Crippen molar-refractivity contribution in [3.63, 3.8) is 0 Å². The maximum absolute atomic E-state index is 9.58. The average Bonchev–Trinajstić information content (AvgIpc) is 1.85. The van der Waals surface area contributed by atoms with E-state index < -0.39 is 0 Å². The molecule has 0 rings (SSSR count). The molecule has 0 aromatic heterocycles. The molecule has 0 fully saturated rings. The van der Waals surface area contributed by atoms with E-state index in [-0.39, 0.29) is 6.10 Å². The Morgan fingerprint density at radius 1 is 1.25 bits per heavy atom. The van der Waals surface area contributed by atoms with Crippen LogP contribution in [0.1, 0.15) is 53.9 Å². The Hall–Kier alpha value is -0.0400. The van der Waals surface area contributed by atoms with Gasteiger partial charge in [-0.25, -0.2) is 0 Å². The van der Waals surface area contributed by atoms with Crippen molar-refractivity contribution in [1.29, 1.82) is 0 Å². The Labute approximate surface area is 77.2 Å². The van der Waals surface area contributed by atoms with Gasteiger partial charge in [0.25, 0.3) is 0 Å². The monoisotopic (exact) mass is 172 g/mol. The Bertz CT molecular complexity index is 113. The van der Waals surface area contributed by atoms with Crippen molar-refractivity contribution in [3.05, 3.63) is 0 Å². The molecule has 1 heteroatoms. The van der Waals surface area contributed by atoms with Gasteiger partial charge in [0.15, 0.2) is 0 Å². The first-order valence-corrected chi connectivity index (χ1v) is 5.06. The molecule has 0 aliphatic heterocycles. The van der Waals surface area contributed by atoms with E-state index in [1.54, 1.807) is 0 Å². The third kappa shape index (κ3) is 4.76. The van der Waals surface area contributed by atoms with Gasteiger partial charge in [0.05, 0.1) is 6.10 Å². The molecule has 12 heavy (non-hydrogen) atoms. The molecule has 0 aliphatic carbocycles. The fourth-order valence-electron chi connectivity index (χ4n) is 1.21. The first kappa shape index (κ1) is 12.0. The summed E-state index contributed by atoms with van der Waals surface area (Å²) in [6.07, 6.45) is 2.87. The molecular weight excluding hydrogens is 148 g/mol. The van der Waals surface area contributed by atoms with E-state index in [2.05, 4.69) is 34.6 Å². The molecule has 0 aromatic carbocycles. The fourth-order valence-corrected chi connectivity index (χ4v) is 1.21. The third-order valence-corrected chi connectivity index (χ3v) is 2.73. The molecule has 0 saturated heterocycles. The molecule has 1 nitrogen and oxygen atoms in total. The van der Waals surface area contributed by atoms with E-state index >= 15 is 0 Å². The topological polar surface area (TPSA) is 20.2 Å². The van der Waals surface area contributed by atoms with E-state index in [1.165, 1.54) is 0 Å². The fraction of sp³-hybridized carbons (Fsp3) is 1.00. The van der Waals surface area contributed by atoms with Crippen molar-refractivity contribution in [1.82, 2.24) is 0 Å². The minimum atomic E-state index is -0.0933. The molecule has 0 saturated carbocycles. The molecule has 0 amide bonds. The zero-order valence-corrected chi connectivity index (χ0v) is 9.22. The standard InChI is InChI=1S/C11H24O/c1-6-7-10(12)8-9(2)11(3,4)5/h9-10,12H,6-8H2,1-5H3. The predicted octanol–water partition coefficient (Wildman–Crippen LogP) is 3.22. The summed E-state index contributed by atoms with van der Waals surface area (Å²) in [5.74, 6) is 0.596. The number of aliphatic hydroxyl groups excluding tert-OH is 1. The summed E-state index contributed by atoms with van der Waals surface area (Å²) in [4.78, 5) is 0. The average molecular weight is 172 g/mol. The van der Waals surface area contributed by atoms with Crippen LogP contribution in [0.25, 0.3) is 0 Å². The molecular formula is C11H24O. The highest BCUT2D eigenvalue weighted by atomic mass is 16.3. The van der Waals surface area contributed by atoms with Gasteiger partial charge in [-0.1, -0.05) is 41.0 Å². The predicted molar refractivity (Wildman–Crippen MR) is 54.2 cm³/mol. The van der Waals surface area contributed by atoms with Crippen molar-refractivity contribution in [3.8, 4) is 0 Å². The Balaban J connectivity index is 3.76. The lowest BCUT2D eigenvalue weighted by Crippen LogP contribution is -2.22. The smallest absolute Gasteiger partial charge is 0.0542 e. The van der Waals surface area contributed by atoms with Gasteiger partial charge in [-0.05, 0) is 24.2 Å². The van der Waals surface area contributed by atoms with Gasteiger partial charge >= 0.3 is 0 Å². The lowest BCUT2D eigenvalue weighted by Gasteiger charge is -2.28. The van der Waals surface area contributed by atoms with Crippen molar-refractivity contribution in [2.75, 3.05) is 0 Å². The largest absolute Gasteiger partial charge is 0.393 e. The molecule has 1 N–H and O–H groups in total. The van der Waals surface area contributed by atoms with Crippen LogP contribution in [0.15, 0.2) is 0 Å². The Kier molecular flexibility index (Phi) is 4.84. The highest BCUT2D eigenvalue weighted by molar-refractivity contribution is 4.72. The summed E-state index contributed by atoms with van der Waals surface area (Å²) < 4.78 is 0. The SMILES string of the molecule is CCCC(O)CC(C)C(C)(C)C. The normalized spacial score (nSPS) is 17.5. The van der Waals surface area contributed by atoms with Crippen LogP contribution in [0, 0.1) is 11.3 Å². The minimum absolute atomic E-state index is 0.0933. The number of aliphatic hydroxyl groups is 1. The van der Waals surface area contributed by atoms with Gasteiger partial charge < -0.3 is 5.11 Å². The van der Waals surface area contributed by atoms with E-state index in [4.69, 9.17) is 0 Å². The van der Waals surface area contributed by atoms with Crippen LogP contribution >= 0.6 is 0 Å². The maximum Gasteiger partial charge on any atom is 0.0542 e. The van der Waals surface area contributed by atoms with Gasteiger partial charge in [0.1, 0.15) is 0 Å². The number of hydrogen-bond donors (Lipinski definition) is 1. The summed E-state index contributed by atoms with van der Waals surface area (Å²) in [6, 6.07) is 0. The van der Waals surface area contributed by atoms with Crippen LogP contribution in [0.2, 0.25) is 0 Å². The second kappa shape index (κ2) is 4.86. The van der Waals surface area contributed by atoms with Crippen LogP contribution in [-0.4, -0.2) is 11.2 Å². The van der Waals surface area contributed by atoms with Gasteiger partial charge in [-0.15, -0.1) is 0 Å². The lowest BCUT2D eigenvalue weighted by atomic mass is 9.78. The van der Waals surface area contributed by atoms with Gasteiger partial charge in [-0.2, -0.15) is 0 Å². The third-order valence-electron chi connectivity index (χ3n) is 2.73. The van der Waals surface area contributed by atoms with Crippen LogP contribution < -0.4 is 0 Å². The number of hydrogen-bond acceptors (Lipinski definition) is 1. The molecule has 0 radical (unpaired) electrons. The van der Waals surface area contributed by atoms with E-state index in [0.29, 0.717) is 11.3 Å². The van der Waals surface area contributed by atoms with Crippen molar-refractivity contribution >= 4 is 0 Å². The van der Waals surface area contributed by atoms with Crippen LogP contribution in [0.5, 0.6) is 0 Å². The van der Waals surface area contributed by atoms with Crippen molar-refractivity contribution in [2.45, 2.75) is 60.0 Å². The summed E-state index contributed by atoms with van der Waals surface area (Å²) in [6.45, 7) is 11.0. The minimum Gasteiger partial charge on any atom is -0.393 e. The van der Waals surface area contributed by atoms with Gasteiger partial charge in [0, 0.05) is 0 Å². The molecule has 0 spiro atoms. The molecule has 74 valence electrons.